The summed E-state index contributed by atoms with van der Waals surface area (Å²) in [5.74, 6) is -0.661. The number of aryl methyl sites for hydroxylation is 1. The highest BCUT2D eigenvalue weighted by atomic mass is 79.9. The molecule has 3 N–H and O–H groups in total. The van der Waals surface area contributed by atoms with E-state index < -0.39 is 15.8 Å². The van der Waals surface area contributed by atoms with Gasteiger partial charge in [0.05, 0.1) is 11.4 Å². The molecule has 0 saturated carbocycles. The lowest BCUT2D eigenvalue weighted by Crippen LogP contribution is -2.17. The first-order valence-corrected chi connectivity index (χ1v) is 8.33. The van der Waals surface area contributed by atoms with Crippen LogP contribution < -0.4 is 10.5 Å². The number of nitrogens with one attached hydrogen (secondary N) is 1. The third-order valence-corrected chi connectivity index (χ3v) is 5.21. The zero-order valence-corrected chi connectivity index (χ0v) is 13.8. The molecule has 0 heterocycles. The average Bonchev–Trinajstić information content (AvgIpc) is 2.38. The van der Waals surface area contributed by atoms with Gasteiger partial charge in [-0.3, -0.25) is 4.72 Å². The highest BCUT2D eigenvalue weighted by Gasteiger charge is 2.22. The summed E-state index contributed by atoms with van der Waals surface area (Å²) in [6.45, 7) is 3.45. The van der Waals surface area contributed by atoms with Gasteiger partial charge in [-0.05, 0) is 49.2 Å². The summed E-state index contributed by atoms with van der Waals surface area (Å²) in [6, 6.07) is 7.28. The summed E-state index contributed by atoms with van der Waals surface area (Å²) in [4.78, 5) is -0.0260. The molecule has 0 aliphatic heterocycles. The summed E-state index contributed by atoms with van der Waals surface area (Å²) in [5.41, 5.74) is 7.10. The van der Waals surface area contributed by atoms with Crippen molar-refractivity contribution in [1.29, 1.82) is 0 Å². The van der Waals surface area contributed by atoms with E-state index in [1.54, 1.807) is 19.9 Å². The van der Waals surface area contributed by atoms with Crippen LogP contribution in [0.25, 0.3) is 0 Å². The molecule has 0 atom stereocenters. The topological polar surface area (TPSA) is 72.2 Å². The van der Waals surface area contributed by atoms with Crippen LogP contribution in [0.15, 0.2) is 39.7 Å². The molecule has 2 rings (SSSR count). The van der Waals surface area contributed by atoms with Gasteiger partial charge in [0.2, 0.25) is 0 Å². The van der Waals surface area contributed by atoms with Gasteiger partial charge in [-0.1, -0.05) is 22.0 Å². The monoisotopic (exact) mass is 372 g/mol. The molecule has 0 aliphatic carbocycles. The van der Waals surface area contributed by atoms with Crippen LogP contribution in [-0.2, 0) is 10.0 Å². The number of sulfonamides is 1. The molecule has 112 valence electrons. The molecule has 2 aromatic rings. The molecule has 0 unspecified atom stereocenters. The summed E-state index contributed by atoms with van der Waals surface area (Å²) in [6.07, 6.45) is 0. The van der Waals surface area contributed by atoms with E-state index >= 15 is 0 Å². The zero-order chi connectivity index (χ0) is 15.8. The van der Waals surface area contributed by atoms with Crippen LogP contribution in [0, 0.1) is 19.7 Å². The predicted octanol–water partition coefficient (Wildman–Crippen LogP) is 3.59. The molecule has 21 heavy (non-hydrogen) atoms. The van der Waals surface area contributed by atoms with Crippen molar-refractivity contribution in [2.75, 3.05) is 10.5 Å². The Morgan fingerprint density at radius 3 is 2.52 bits per heavy atom. The molecular weight excluding hydrogens is 359 g/mol. The Morgan fingerprint density at radius 2 is 1.86 bits per heavy atom. The van der Waals surface area contributed by atoms with Gasteiger partial charge < -0.3 is 5.73 Å². The first-order valence-electron chi connectivity index (χ1n) is 6.06. The maximum Gasteiger partial charge on any atom is 0.264 e. The summed E-state index contributed by atoms with van der Waals surface area (Å²) in [7, 11) is -3.97. The number of halogens is 2. The molecule has 0 amide bonds. The largest absolute Gasteiger partial charge is 0.398 e. The van der Waals surface area contributed by atoms with E-state index in [-0.39, 0.29) is 16.3 Å². The third kappa shape index (κ3) is 3.19. The Morgan fingerprint density at radius 1 is 1.19 bits per heavy atom. The van der Waals surface area contributed by atoms with Crippen molar-refractivity contribution >= 4 is 37.3 Å². The van der Waals surface area contributed by atoms with Crippen LogP contribution >= 0.6 is 15.9 Å². The third-order valence-electron chi connectivity index (χ3n) is 3.15. The highest BCUT2D eigenvalue weighted by Crippen LogP contribution is 2.29. The van der Waals surface area contributed by atoms with Crippen molar-refractivity contribution in [3.8, 4) is 0 Å². The Kier molecular flexibility index (Phi) is 4.25. The Bertz CT molecular complexity index is 807. The summed E-state index contributed by atoms with van der Waals surface area (Å²) >= 11 is 3.17. The maximum absolute atomic E-state index is 13.7. The lowest BCUT2D eigenvalue weighted by atomic mass is 10.1. The number of hydrogen-bond donors (Lipinski definition) is 2. The van der Waals surface area contributed by atoms with Crippen LogP contribution in [0.1, 0.15) is 11.1 Å². The van der Waals surface area contributed by atoms with Gasteiger partial charge in [0.15, 0.2) is 0 Å². The van der Waals surface area contributed by atoms with Crippen LogP contribution in [-0.4, -0.2) is 8.42 Å². The summed E-state index contributed by atoms with van der Waals surface area (Å²) < 4.78 is 41.5. The van der Waals surface area contributed by atoms with Gasteiger partial charge in [-0.15, -0.1) is 0 Å². The minimum Gasteiger partial charge on any atom is -0.398 e. The minimum absolute atomic E-state index is 0.0260. The molecule has 4 nitrogen and oxygen atoms in total. The minimum atomic E-state index is -3.97. The number of rotatable bonds is 3. The Balaban J connectivity index is 2.54. The lowest BCUT2D eigenvalue weighted by molar-refractivity contribution is 0.598. The SMILES string of the molecule is Cc1ccc(N)c(S(=O)(=O)Nc2cc(Br)ccc2F)c1C. The van der Waals surface area contributed by atoms with Crippen LogP contribution in [0.4, 0.5) is 15.8 Å². The molecule has 2 aromatic carbocycles. The van der Waals surface area contributed by atoms with E-state index in [0.717, 1.165) is 5.56 Å². The molecule has 0 bridgehead atoms. The number of nitrogens with two attached hydrogens (primary N) is 1. The maximum atomic E-state index is 13.7. The predicted molar refractivity (Wildman–Crippen MR) is 85.2 cm³/mol. The molecule has 0 spiro atoms. The van der Waals surface area contributed by atoms with E-state index in [1.165, 1.54) is 24.3 Å². The van der Waals surface area contributed by atoms with Gasteiger partial charge in [-0.25, -0.2) is 12.8 Å². The van der Waals surface area contributed by atoms with Crippen molar-refractivity contribution in [1.82, 2.24) is 0 Å². The number of nitrogen functional groups attached to an aromatic ring is 1. The Labute approximate surface area is 131 Å². The molecular formula is C14H14BrFN2O2S. The van der Waals surface area contributed by atoms with Crippen molar-refractivity contribution in [2.45, 2.75) is 18.7 Å². The van der Waals surface area contributed by atoms with Gasteiger partial charge in [0.1, 0.15) is 10.7 Å². The molecule has 0 aromatic heterocycles. The highest BCUT2D eigenvalue weighted by molar-refractivity contribution is 9.10. The second-order valence-electron chi connectivity index (χ2n) is 4.66. The smallest absolute Gasteiger partial charge is 0.264 e. The lowest BCUT2D eigenvalue weighted by Gasteiger charge is -2.14. The second-order valence-corrected chi connectivity index (χ2v) is 7.19. The molecule has 0 radical (unpaired) electrons. The van der Waals surface area contributed by atoms with E-state index in [4.69, 9.17) is 5.73 Å². The van der Waals surface area contributed by atoms with Gasteiger partial charge in [0, 0.05) is 4.47 Å². The number of anilines is 2. The standard InChI is InChI=1S/C14H14BrFN2O2S/c1-8-3-6-12(17)14(9(8)2)21(19,20)18-13-7-10(15)4-5-11(13)16/h3-7,18H,17H2,1-2H3. The van der Waals surface area contributed by atoms with Crippen LogP contribution in [0.3, 0.4) is 0 Å². The number of hydrogen-bond acceptors (Lipinski definition) is 3. The van der Waals surface area contributed by atoms with E-state index in [1.807, 2.05) is 0 Å². The van der Waals surface area contributed by atoms with Crippen molar-refractivity contribution in [3.63, 3.8) is 0 Å². The Hall–Kier alpha value is -1.60. The fraction of sp³-hybridized carbons (Fsp3) is 0.143. The first kappa shape index (κ1) is 15.8. The van der Waals surface area contributed by atoms with E-state index in [0.29, 0.717) is 10.0 Å². The normalized spacial score (nSPS) is 11.4. The first-order chi connectivity index (χ1) is 9.72. The zero-order valence-electron chi connectivity index (χ0n) is 11.4. The van der Waals surface area contributed by atoms with E-state index in [9.17, 15) is 12.8 Å². The second kappa shape index (κ2) is 5.65. The molecule has 0 aliphatic rings. The van der Waals surface area contributed by atoms with Gasteiger partial charge in [0.25, 0.3) is 10.0 Å². The van der Waals surface area contributed by atoms with Crippen LogP contribution in [0.2, 0.25) is 0 Å². The fourth-order valence-electron chi connectivity index (χ4n) is 1.94. The molecule has 7 heteroatoms. The van der Waals surface area contributed by atoms with Crippen molar-refractivity contribution in [2.24, 2.45) is 0 Å². The van der Waals surface area contributed by atoms with E-state index in [2.05, 4.69) is 20.7 Å². The average molecular weight is 373 g/mol. The fourth-order valence-corrected chi connectivity index (χ4v) is 3.79. The molecule has 0 saturated heterocycles. The van der Waals surface area contributed by atoms with Crippen molar-refractivity contribution < 1.29 is 12.8 Å². The quantitative estimate of drug-likeness (QED) is 0.808. The summed E-state index contributed by atoms with van der Waals surface area (Å²) in [5, 5.41) is 0. The van der Waals surface area contributed by atoms with Gasteiger partial charge in [-0.2, -0.15) is 0 Å². The van der Waals surface area contributed by atoms with Gasteiger partial charge >= 0.3 is 0 Å². The molecule has 0 fully saturated rings. The number of benzene rings is 2. The van der Waals surface area contributed by atoms with Crippen molar-refractivity contribution in [3.05, 3.63) is 51.7 Å². The van der Waals surface area contributed by atoms with Crippen LogP contribution in [0.5, 0.6) is 0 Å².